The van der Waals surface area contributed by atoms with Gasteiger partial charge in [-0.05, 0) is 75.2 Å². The van der Waals surface area contributed by atoms with Gasteiger partial charge in [-0.25, -0.2) is 4.39 Å². The first-order chi connectivity index (χ1) is 14.4. The van der Waals surface area contributed by atoms with E-state index in [-0.39, 0.29) is 22.5 Å². The molecular weight excluding hydrogens is 407 g/mol. The van der Waals surface area contributed by atoms with Crippen molar-refractivity contribution >= 4 is 23.4 Å². The van der Waals surface area contributed by atoms with Crippen LogP contribution in [0.5, 0.6) is 5.75 Å². The van der Waals surface area contributed by atoms with E-state index in [4.69, 9.17) is 21.1 Å². The summed E-state index contributed by atoms with van der Waals surface area (Å²) in [5.41, 5.74) is 0.548. The third-order valence-electron chi connectivity index (χ3n) is 8.33. The molecule has 2 atom stereocenters. The highest BCUT2D eigenvalue weighted by molar-refractivity contribution is 6.32. The molecule has 5 fully saturated rings. The molecule has 0 saturated heterocycles. The Balaban J connectivity index is 1.54. The minimum absolute atomic E-state index is 0.0658. The van der Waals surface area contributed by atoms with Gasteiger partial charge in [0.25, 0.3) is 0 Å². The maximum atomic E-state index is 15.7. The van der Waals surface area contributed by atoms with Gasteiger partial charge in [-0.1, -0.05) is 11.6 Å². The number of benzene rings is 1. The van der Waals surface area contributed by atoms with E-state index in [1.165, 1.54) is 39.5 Å². The van der Waals surface area contributed by atoms with E-state index >= 15 is 4.39 Å². The van der Waals surface area contributed by atoms with E-state index < -0.39 is 23.6 Å². The SMILES string of the molecule is COC(=O)C1CCC1C(=O)c1cc(Cl)c(C23CC4CC(CC(C4)C2)C3)c(OC)c1F. The molecule has 162 valence electrons. The molecule has 0 N–H and O–H groups in total. The third kappa shape index (κ3) is 2.91. The zero-order valence-corrected chi connectivity index (χ0v) is 18.3. The van der Waals surface area contributed by atoms with E-state index in [1.807, 2.05) is 0 Å². The first kappa shape index (κ1) is 20.3. The van der Waals surface area contributed by atoms with Crippen LogP contribution in [0.1, 0.15) is 67.3 Å². The lowest BCUT2D eigenvalue weighted by molar-refractivity contribution is -0.150. The summed E-state index contributed by atoms with van der Waals surface area (Å²) in [6, 6.07) is 1.49. The van der Waals surface area contributed by atoms with E-state index in [0.29, 0.717) is 35.6 Å². The van der Waals surface area contributed by atoms with Crippen molar-refractivity contribution in [1.82, 2.24) is 0 Å². The highest BCUT2D eigenvalue weighted by atomic mass is 35.5. The predicted octanol–water partition coefficient (Wildman–Crippen LogP) is 5.34. The molecule has 5 saturated carbocycles. The van der Waals surface area contributed by atoms with Crippen molar-refractivity contribution in [2.75, 3.05) is 14.2 Å². The van der Waals surface area contributed by atoms with Gasteiger partial charge in [-0.2, -0.15) is 0 Å². The first-order valence-electron chi connectivity index (χ1n) is 11.1. The van der Waals surface area contributed by atoms with Crippen LogP contribution >= 0.6 is 11.6 Å². The Kier molecular flexibility index (Phi) is 4.88. The van der Waals surface area contributed by atoms with Crippen LogP contribution in [-0.2, 0) is 14.9 Å². The molecule has 0 heterocycles. The van der Waals surface area contributed by atoms with Gasteiger partial charge in [0.05, 0.1) is 25.7 Å². The van der Waals surface area contributed by atoms with Crippen LogP contribution in [-0.4, -0.2) is 26.0 Å². The number of hydrogen-bond donors (Lipinski definition) is 0. The molecule has 0 aromatic heterocycles. The molecule has 30 heavy (non-hydrogen) atoms. The Morgan fingerprint density at radius 2 is 1.60 bits per heavy atom. The lowest BCUT2D eigenvalue weighted by Crippen LogP contribution is -2.49. The second-order valence-corrected chi connectivity index (χ2v) is 10.4. The van der Waals surface area contributed by atoms with Crippen molar-refractivity contribution in [2.24, 2.45) is 29.6 Å². The van der Waals surface area contributed by atoms with Gasteiger partial charge < -0.3 is 9.47 Å². The van der Waals surface area contributed by atoms with Gasteiger partial charge >= 0.3 is 5.97 Å². The van der Waals surface area contributed by atoms with Gasteiger partial charge in [0.15, 0.2) is 17.3 Å². The molecule has 6 rings (SSSR count). The van der Waals surface area contributed by atoms with Gasteiger partial charge in [0.1, 0.15) is 0 Å². The summed E-state index contributed by atoms with van der Waals surface area (Å²) in [6.45, 7) is 0. The van der Waals surface area contributed by atoms with Gasteiger partial charge in [-0.3, -0.25) is 9.59 Å². The molecule has 1 aromatic carbocycles. The number of carbonyl (C=O) groups is 2. The number of methoxy groups -OCH3 is 2. The predicted molar refractivity (Wildman–Crippen MR) is 110 cm³/mol. The molecule has 4 nitrogen and oxygen atoms in total. The minimum Gasteiger partial charge on any atom is -0.493 e. The molecule has 4 bridgehead atoms. The lowest BCUT2D eigenvalue weighted by atomic mass is 9.48. The van der Waals surface area contributed by atoms with Crippen LogP contribution in [0.15, 0.2) is 6.07 Å². The van der Waals surface area contributed by atoms with Gasteiger partial charge in [0.2, 0.25) is 0 Å². The van der Waals surface area contributed by atoms with Gasteiger partial charge in [-0.15, -0.1) is 0 Å². The largest absolute Gasteiger partial charge is 0.493 e. The van der Waals surface area contributed by atoms with E-state index in [2.05, 4.69) is 0 Å². The minimum atomic E-state index is -0.631. The second kappa shape index (κ2) is 7.22. The van der Waals surface area contributed by atoms with Crippen LogP contribution in [0.3, 0.4) is 0 Å². The van der Waals surface area contributed by atoms with Gasteiger partial charge in [0, 0.05) is 21.9 Å². The normalized spacial score (nSPS) is 36.3. The van der Waals surface area contributed by atoms with Crippen molar-refractivity contribution in [3.05, 3.63) is 28.0 Å². The summed E-state index contributed by atoms with van der Waals surface area (Å²) >= 11 is 6.77. The smallest absolute Gasteiger partial charge is 0.309 e. The summed E-state index contributed by atoms with van der Waals surface area (Å²) < 4.78 is 26.0. The monoisotopic (exact) mass is 434 g/mol. The fourth-order valence-corrected chi connectivity index (χ4v) is 7.73. The summed E-state index contributed by atoms with van der Waals surface area (Å²) in [5.74, 6) is -0.330. The quantitative estimate of drug-likeness (QED) is 0.463. The highest BCUT2D eigenvalue weighted by Crippen LogP contribution is 2.63. The molecule has 0 amide bonds. The van der Waals surface area contributed by atoms with E-state index in [9.17, 15) is 9.59 Å². The van der Waals surface area contributed by atoms with Crippen LogP contribution in [0.4, 0.5) is 4.39 Å². The van der Waals surface area contributed by atoms with Crippen molar-refractivity contribution in [3.8, 4) is 5.75 Å². The maximum Gasteiger partial charge on any atom is 0.309 e. The van der Waals surface area contributed by atoms with Crippen LogP contribution in [0.2, 0.25) is 5.02 Å². The number of ether oxygens (including phenoxy) is 2. The fourth-order valence-electron chi connectivity index (χ4n) is 7.33. The lowest BCUT2D eigenvalue weighted by Gasteiger charge is -2.57. The Morgan fingerprint density at radius 3 is 2.07 bits per heavy atom. The number of halogens is 2. The Labute approximate surface area is 181 Å². The Morgan fingerprint density at radius 1 is 1.03 bits per heavy atom. The molecule has 0 spiro atoms. The Bertz CT molecular complexity index is 876. The average Bonchev–Trinajstić information content (AvgIpc) is 2.66. The zero-order chi connectivity index (χ0) is 21.2. The average molecular weight is 435 g/mol. The first-order valence-corrected chi connectivity index (χ1v) is 11.4. The van der Waals surface area contributed by atoms with E-state index in [0.717, 1.165) is 24.8 Å². The summed E-state index contributed by atoms with van der Waals surface area (Å²) in [6.07, 6.45) is 8.02. The number of esters is 1. The molecule has 0 radical (unpaired) electrons. The standard InChI is InChI=1S/C24H28ClFO4/c1-29-22-19(24-9-12-5-13(10-24)7-14(6-12)11-24)18(25)8-17(20(22)26)21(27)15-3-4-16(15)23(28)30-2/h8,12-16H,3-7,9-11H2,1-2H3. The molecule has 1 aromatic rings. The maximum absolute atomic E-state index is 15.7. The van der Waals surface area contributed by atoms with Crippen LogP contribution in [0, 0.1) is 35.4 Å². The van der Waals surface area contributed by atoms with Crippen LogP contribution in [0.25, 0.3) is 0 Å². The molecule has 6 heteroatoms. The van der Waals surface area contributed by atoms with Crippen molar-refractivity contribution in [1.29, 1.82) is 0 Å². The second-order valence-electron chi connectivity index (χ2n) is 10.0. The summed E-state index contributed by atoms with van der Waals surface area (Å²) in [5, 5.41) is 0.424. The molecule has 2 unspecified atom stereocenters. The summed E-state index contributed by atoms with van der Waals surface area (Å²) in [4.78, 5) is 25.0. The fraction of sp³-hybridized carbons (Fsp3) is 0.667. The molecule has 0 aliphatic heterocycles. The van der Waals surface area contributed by atoms with Crippen molar-refractivity contribution in [3.63, 3.8) is 0 Å². The number of carbonyl (C=O) groups excluding carboxylic acids is 2. The van der Waals surface area contributed by atoms with E-state index in [1.54, 1.807) is 0 Å². The van der Waals surface area contributed by atoms with Crippen molar-refractivity contribution < 1.29 is 23.5 Å². The zero-order valence-electron chi connectivity index (χ0n) is 17.5. The topological polar surface area (TPSA) is 52.6 Å². The van der Waals surface area contributed by atoms with Crippen LogP contribution < -0.4 is 4.74 Å². The third-order valence-corrected chi connectivity index (χ3v) is 8.62. The highest BCUT2D eigenvalue weighted by Gasteiger charge is 2.54. The Hall–Kier alpha value is -1.62. The number of rotatable bonds is 5. The molecule has 5 aliphatic rings. The molecule has 5 aliphatic carbocycles. The number of Topliss-reactive ketones (excluding diaryl/α,β-unsaturated/α-hetero) is 1. The molecular formula is C24H28ClFO4. The number of hydrogen-bond acceptors (Lipinski definition) is 4. The van der Waals surface area contributed by atoms with Crippen molar-refractivity contribution in [2.45, 2.75) is 56.8 Å². The number of ketones is 1. The summed E-state index contributed by atoms with van der Waals surface area (Å²) in [7, 11) is 2.76.